The Morgan fingerprint density at radius 1 is 1.06 bits per heavy atom. The molecule has 2 saturated carbocycles. The molecule has 0 bridgehead atoms. The molecule has 2 fully saturated rings. The van der Waals surface area contributed by atoms with Crippen molar-refractivity contribution in [3.63, 3.8) is 0 Å². The van der Waals surface area contributed by atoms with Gasteiger partial charge in [-0.2, -0.15) is 0 Å². The SMILES string of the molecule is C/C(=N/CCC1CCCCCC1C)C1CC1. The van der Waals surface area contributed by atoms with Gasteiger partial charge in [0.05, 0.1) is 0 Å². The van der Waals surface area contributed by atoms with Crippen LogP contribution in [0, 0.1) is 17.8 Å². The van der Waals surface area contributed by atoms with Crippen molar-refractivity contribution in [1.29, 1.82) is 0 Å². The highest BCUT2D eigenvalue weighted by molar-refractivity contribution is 5.86. The summed E-state index contributed by atoms with van der Waals surface area (Å²) in [6, 6.07) is 0. The maximum atomic E-state index is 4.76. The summed E-state index contributed by atoms with van der Waals surface area (Å²) in [5, 5.41) is 0. The molecule has 0 aromatic rings. The van der Waals surface area contributed by atoms with Crippen molar-refractivity contribution < 1.29 is 0 Å². The molecule has 0 aliphatic heterocycles. The molecule has 1 nitrogen and oxygen atoms in total. The van der Waals surface area contributed by atoms with E-state index in [0.717, 1.165) is 24.3 Å². The molecular weight excluding hydrogens is 194 g/mol. The summed E-state index contributed by atoms with van der Waals surface area (Å²) < 4.78 is 0. The van der Waals surface area contributed by atoms with Gasteiger partial charge in [-0.15, -0.1) is 0 Å². The molecule has 2 aliphatic rings. The normalized spacial score (nSPS) is 32.5. The number of aliphatic imine (C=N–C) groups is 1. The molecule has 0 radical (unpaired) electrons. The zero-order valence-electron chi connectivity index (χ0n) is 11.0. The molecular formula is C15H27N. The summed E-state index contributed by atoms with van der Waals surface area (Å²) in [5.74, 6) is 2.77. The average molecular weight is 221 g/mol. The topological polar surface area (TPSA) is 12.4 Å². The van der Waals surface area contributed by atoms with E-state index in [-0.39, 0.29) is 0 Å². The number of nitrogens with zero attached hydrogens (tertiary/aromatic N) is 1. The molecule has 16 heavy (non-hydrogen) atoms. The van der Waals surface area contributed by atoms with Crippen molar-refractivity contribution in [1.82, 2.24) is 0 Å². The molecule has 0 N–H and O–H groups in total. The molecule has 2 atom stereocenters. The maximum Gasteiger partial charge on any atom is 0.0391 e. The van der Waals surface area contributed by atoms with Crippen LogP contribution in [-0.2, 0) is 0 Å². The maximum absolute atomic E-state index is 4.76. The third-order valence-corrected chi connectivity index (χ3v) is 4.57. The van der Waals surface area contributed by atoms with Crippen molar-refractivity contribution in [3.8, 4) is 0 Å². The Morgan fingerprint density at radius 3 is 2.56 bits per heavy atom. The Balaban J connectivity index is 1.72. The van der Waals surface area contributed by atoms with Crippen LogP contribution in [0.3, 0.4) is 0 Å². The van der Waals surface area contributed by atoms with E-state index in [1.165, 1.54) is 57.1 Å². The second kappa shape index (κ2) is 5.84. The van der Waals surface area contributed by atoms with Gasteiger partial charge in [0.15, 0.2) is 0 Å². The zero-order valence-corrected chi connectivity index (χ0v) is 11.0. The van der Waals surface area contributed by atoms with E-state index in [1.807, 2.05) is 0 Å². The molecule has 92 valence electrons. The quantitative estimate of drug-likeness (QED) is 0.491. The minimum absolute atomic E-state index is 0.867. The first-order valence-electron chi connectivity index (χ1n) is 7.28. The number of hydrogen-bond donors (Lipinski definition) is 0. The Morgan fingerprint density at radius 2 is 1.81 bits per heavy atom. The predicted molar refractivity (Wildman–Crippen MR) is 71.1 cm³/mol. The molecule has 2 unspecified atom stereocenters. The van der Waals surface area contributed by atoms with Gasteiger partial charge in [0.2, 0.25) is 0 Å². The van der Waals surface area contributed by atoms with Crippen molar-refractivity contribution in [3.05, 3.63) is 0 Å². The van der Waals surface area contributed by atoms with Gasteiger partial charge in [-0.1, -0.05) is 39.0 Å². The summed E-state index contributed by atoms with van der Waals surface area (Å²) in [6.45, 7) is 5.78. The highest BCUT2D eigenvalue weighted by Gasteiger charge is 2.24. The zero-order chi connectivity index (χ0) is 11.4. The monoisotopic (exact) mass is 221 g/mol. The minimum atomic E-state index is 0.867. The summed E-state index contributed by atoms with van der Waals surface area (Å²) in [7, 11) is 0. The molecule has 0 aromatic heterocycles. The van der Waals surface area contributed by atoms with Crippen molar-refractivity contribution >= 4 is 5.71 Å². The van der Waals surface area contributed by atoms with E-state index < -0.39 is 0 Å². The first-order chi connectivity index (χ1) is 7.77. The summed E-state index contributed by atoms with van der Waals surface area (Å²) >= 11 is 0. The molecule has 0 heterocycles. The fraction of sp³-hybridized carbons (Fsp3) is 0.933. The van der Waals surface area contributed by atoms with Crippen LogP contribution >= 0.6 is 0 Å². The summed E-state index contributed by atoms with van der Waals surface area (Å²) in [5.41, 5.74) is 1.43. The minimum Gasteiger partial charge on any atom is -0.294 e. The van der Waals surface area contributed by atoms with Gasteiger partial charge in [0, 0.05) is 12.3 Å². The Bertz CT molecular complexity index is 240. The largest absolute Gasteiger partial charge is 0.294 e. The van der Waals surface area contributed by atoms with E-state index in [1.54, 1.807) is 0 Å². The van der Waals surface area contributed by atoms with Crippen LogP contribution < -0.4 is 0 Å². The molecule has 0 amide bonds. The van der Waals surface area contributed by atoms with Crippen LogP contribution in [-0.4, -0.2) is 12.3 Å². The highest BCUT2D eigenvalue weighted by Crippen LogP contribution is 2.32. The van der Waals surface area contributed by atoms with Gasteiger partial charge in [-0.3, -0.25) is 4.99 Å². The lowest BCUT2D eigenvalue weighted by Gasteiger charge is -2.20. The Kier molecular flexibility index (Phi) is 4.43. The van der Waals surface area contributed by atoms with E-state index >= 15 is 0 Å². The second-order valence-corrected chi connectivity index (χ2v) is 5.96. The summed E-state index contributed by atoms with van der Waals surface area (Å²) in [4.78, 5) is 4.76. The van der Waals surface area contributed by atoms with E-state index in [4.69, 9.17) is 4.99 Å². The Labute approximate surface area is 101 Å². The van der Waals surface area contributed by atoms with E-state index in [0.29, 0.717) is 0 Å². The third-order valence-electron chi connectivity index (χ3n) is 4.57. The van der Waals surface area contributed by atoms with E-state index in [2.05, 4.69) is 13.8 Å². The van der Waals surface area contributed by atoms with Gasteiger partial charge in [-0.25, -0.2) is 0 Å². The van der Waals surface area contributed by atoms with Crippen LogP contribution in [0.2, 0.25) is 0 Å². The number of hydrogen-bond acceptors (Lipinski definition) is 1. The molecule has 2 aliphatic carbocycles. The van der Waals surface area contributed by atoms with Gasteiger partial charge in [-0.05, 0) is 43.9 Å². The lowest BCUT2D eigenvalue weighted by Crippen LogP contribution is -2.11. The van der Waals surface area contributed by atoms with Crippen molar-refractivity contribution in [2.24, 2.45) is 22.7 Å². The third kappa shape index (κ3) is 3.61. The second-order valence-electron chi connectivity index (χ2n) is 5.96. The van der Waals surface area contributed by atoms with Gasteiger partial charge in [0.1, 0.15) is 0 Å². The average Bonchev–Trinajstić information content (AvgIpc) is 3.07. The van der Waals surface area contributed by atoms with Gasteiger partial charge in [0.25, 0.3) is 0 Å². The molecule has 2 rings (SSSR count). The fourth-order valence-corrected chi connectivity index (χ4v) is 3.04. The van der Waals surface area contributed by atoms with Crippen molar-refractivity contribution in [2.45, 2.75) is 65.2 Å². The first kappa shape index (κ1) is 12.1. The van der Waals surface area contributed by atoms with E-state index in [9.17, 15) is 0 Å². The van der Waals surface area contributed by atoms with Crippen LogP contribution in [0.4, 0.5) is 0 Å². The lowest BCUT2D eigenvalue weighted by molar-refractivity contribution is 0.322. The van der Waals surface area contributed by atoms with Crippen LogP contribution in [0.15, 0.2) is 4.99 Å². The molecule has 0 saturated heterocycles. The van der Waals surface area contributed by atoms with Crippen molar-refractivity contribution in [2.75, 3.05) is 6.54 Å². The molecule has 0 aromatic carbocycles. The fourth-order valence-electron chi connectivity index (χ4n) is 3.04. The first-order valence-corrected chi connectivity index (χ1v) is 7.28. The molecule has 1 heteroatoms. The smallest absolute Gasteiger partial charge is 0.0391 e. The predicted octanol–water partition coefficient (Wildman–Crippen LogP) is 4.46. The Hall–Kier alpha value is -0.330. The van der Waals surface area contributed by atoms with Gasteiger partial charge >= 0.3 is 0 Å². The standard InChI is InChI=1S/C15H27N/c1-12-6-4-3-5-7-14(12)10-11-16-13(2)15-8-9-15/h12,14-15H,3-11H2,1-2H3/b16-13-. The van der Waals surface area contributed by atoms with Crippen LogP contribution in [0.5, 0.6) is 0 Å². The highest BCUT2D eigenvalue weighted by atomic mass is 14.7. The molecule has 0 spiro atoms. The number of rotatable bonds is 4. The summed E-state index contributed by atoms with van der Waals surface area (Å²) in [6.07, 6.45) is 11.4. The lowest BCUT2D eigenvalue weighted by atomic mass is 9.87. The van der Waals surface area contributed by atoms with Crippen LogP contribution in [0.25, 0.3) is 0 Å². The van der Waals surface area contributed by atoms with Gasteiger partial charge < -0.3 is 0 Å². The van der Waals surface area contributed by atoms with Crippen LogP contribution in [0.1, 0.15) is 65.2 Å².